The molecule has 0 radical (unpaired) electrons. The molecule has 0 unspecified atom stereocenters. The molecule has 0 saturated carbocycles. The van der Waals surface area contributed by atoms with E-state index in [2.05, 4.69) is 41.8 Å². The van der Waals surface area contributed by atoms with Gasteiger partial charge >= 0.3 is 17.1 Å². The van der Waals surface area contributed by atoms with Gasteiger partial charge in [-0.2, -0.15) is 0 Å². The van der Waals surface area contributed by atoms with Crippen LogP contribution in [0.2, 0.25) is 0 Å². The Balaban J connectivity index is 0.00000264. The number of nitrogens with zero attached hydrogens (tertiary/aromatic N) is 2. The molecule has 7 heteroatoms. The Hall–Kier alpha value is -1.14. The fraction of sp³-hybridized carbons (Fsp3) is 0.125. The van der Waals surface area contributed by atoms with Crippen molar-refractivity contribution in [2.24, 2.45) is 9.98 Å². The van der Waals surface area contributed by atoms with Crippen LogP contribution >= 0.6 is 31.9 Å². The minimum atomic E-state index is -0.0689. The smallest absolute Gasteiger partial charge is 0.872 e. The van der Waals surface area contributed by atoms with Crippen LogP contribution in [0, 0.1) is 0 Å². The monoisotopic (exact) mass is 478 g/mol. The van der Waals surface area contributed by atoms with E-state index in [9.17, 15) is 10.2 Å². The van der Waals surface area contributed by atoms with Gasteiger partial charge in [-0.15, -0.1) is 0 Å². The molecule has 0 spiro atoms. The molecule has 0 aliphatic carbocycles. The van der Waals surface area contributed by atoms with E-state index in [0.29, 0.717) is 24.2 Å². The summed E-state index contributed by atoms with van der Waals surface area (Å²) in [5.74, 6) is -0.138. The Bertz CT molecular complexity index is 660. The van der Waals surface area contributed by atoms with Crippen molar-refractivity contribution in [2.45, 2.75) is 0 Å². The zero-order valence-electron chi connectivity index (χ0n) is 11.9. The van der Waals surface area contributed by atoms with Gasteiger partial charge < -0.3 is 10.2 Å². The molecule has 0 bridgehead atoms. The van der Waals surface area contributed by atoms with Gasteiger partial charge in [0.25, 0.3) is 0 Å². The van der Waals surface area contributed by atoms with E-state index in [1.165, 1.54) is 12.1 Å². The molecule has 0 heterocycles. The third-order valence-electron chi connectivity index (χ3n) is 2.76. The standard InChI is InChI=1S/C16H14Br2N2O2.Fe/c17-13-1-3-15(21)11(7-13)9-19-5-6-20-10-12-8-14(18)2-4-16(12)22;/h1-4,7-10,21-22H,5-6H2;/q;+2/p-2. The Kier molecular flexibility index (Phi) is 8.55. The Morgan fingerprint density at radius 1 is 0.783 bits per heavy atom. The number of hydrogen-bond donors (Lipinski definition) is 0. The van der Waals surface area contributed by atoms with Gasteiger partial charge in [-0.25, -0.2) is 0 Å². The van der Waals surface area contributed by atoms with Crippen LogP contribution in [0.5, 0.6) is 11.5 Å². The normalized spacial score (nSPS) is 11.0. The van der Waals surface area contributed by atoms with Crippen molar-refractivity contribution in [1.82, 2.24) is 0 Å². The molecule has 120 valence electrons. The van der Waals surface area contributed by atoms with Crippen molar-refractivity contribution in [1.29, 1.82) is 0 Å². The second-order valence-electron chi connectivity index (χ2n) is 4.43. The van der Waals surface area contributed by atoms with Gasteiger partial charge in [-0.05, 0) is 35.4 Å². The van der Waals surface area contributed by atoms with E-state index in [4.69, 9.17) is 0 Å². The zero-order valence-corrected chi connectivity index (χ0v) is 16.1. The van der Waals surface area contributed by atoms with Crippen molar-refractivity contribution in [3.05, 3.63) is 56.5 Å². The van der Waals surface area contributed by atoms with Gasteiger partial charge in [0, 0.05) is 21.4 Å². The van der Waals surface area contributed by atoms with Gasteiger partial charge in [0.15, 0.2) is 0 Å². The SMILES string of the molecule is [Fe+2].[O-]c1ccc(Br)cc1C=NCCN=Cc1cc(Br)ccc1[O-]. The number of rotatable bonds is 5. The van der Waals surface area contributed by atoms with Crippen LogP contribution in [0.4, 0.5) is 0 Å². The van der Waals surface area contributed by atoms with E-state index < -0.39 is 0 Å². The summed E-state index contributed by atoms with van der Waals surface area (Å²) in [7, 11) is 0. The van der Waals surface area contributed by atoms with E-state index in [-0.39, 0.29) is 28.6 Å². The fourth-order valence-corrected chi connectivity index (χ4v) is 2.44. The fourth-order valence-electron chi connectivity index (χ4n) is 1.68. The minimum absolute atomic E-state index is 0. The molecule has 0 fully saturated rings. The van der Waals surface area contributed by atoms with Crippen molar-refractivity contribution in [3.8, 4) is 11.5 Å². The van der Waals surface area contributed by atoms with Gasteiger partial charge in [0.2, 0.25) is 0 Å². The summed E-state index contributed by atoms with van der Waals surface area (Å²) >= 11 is 6.62. The first-order valence-corrected chi connectivity index (χ1v) is 8.07. The molecular weight excluding hydrogens is 468 g/mol. The van der Waals surface area contributed by atoms with Crippen molar-refractivity contribution in [2.75, 3.05) is 13.1 Å². The summed E-state index contributed by atoms with van der Waals surface area (Å²) in [4.78, 5) is 8.34. The van der Waals surface area contributed by atoms with Gasteiger partial charge in [-0.3, -0.25) is 9.98 Å². The summed E-state index contributed by atoms with van der Waals surface area (Å²) in [6, 6.07) is 9.82. The van der Waals surface area contributed by atoms with E-state index in [1.54, 1.807) is 36.7 Å². The summed E-state index contributed by atoms with van der Waals surface area (Å²) in [6.07, 6.45) is 3.08. The molecule has 23 heavy (non-hydrogen) atoms. The first kappa shape index (κ1) is 19.9. The minimum Gasteiger partial charge on any atom is -0.872 e. The molecule has 0 amide bonds. The predicted molar refractivity (Wildman–Crippen MR) is 92.1 cm³/mol. The number of benzene rings is 2. The van der Waals surface area contributed by atoms with Crippen LogP contribution in [0.25, 0.3) is 0 Å². The van der Waals surface area contributed by atoms with E-state index >= 15 is 0 Å². The topological polar surface area (TPSA) is 70.8 Å². The molecular formula is C16H12Br2FeN2O2. The third-order valence-corrected chi connectivity index (χ3v) is 3.75. The first-order valence-electron chi connectivity index (χ1n) is 6.49. The van der Waals surface area contributed by atoms with Gasteiger partial charge in [-0.1, -0.05) is 55.5 Å². The maximum atomic E-state index is 11.6. The molecule has 4 nitrogen and oxygen atoms in total. The Morgan fingerprint density at radius 2 is 1.17 bits per heavy atom. The Morgan fingerprint density at radius 3 is 1.57 bits per heavy atom. The average molecular weight is 480 g/mol. The first-order chi connectivity index (χ1) is 10.6. The van der Waals surface area contributed by atoms with Crippen LogP contribution in [0.15, 0.2) is 55.3 Å². The quantitative estimate of drug-likeness (QED) is 0.376. The molecule has 0 N–H and O–H groups in total. The van der Waals surface area contributed by atoms with Crippen LogP contribution in [0.3, 0.4) is 0 Å². The third kappa shape index (κ3) is 6.47. The van der Waals surface area contributed by atoms with Crippen LogP contribution in [-0.4, -0.2) is 25.5 Å². The number of halogens is 2. The van der Waals surface area contributed by atoms with Crippen LogP contribution in [0.1, 0.15) is 11.1 Å². The summed E-state index contributed by atoms with van der Waals surface area (Å²) in [5, 5.41) is 23.1. The number of hydrogen-bond acceptors (Lipinski definition) is 4. The van der Waals surface area contributed by atoms with E-state index in [0.717, 1.165) is 8.95 Å². The van der Waals surface area contributed by atoms with Gasteiger partial charge in [0.05, 0.1) is 13.1 Å². The Labute approximate surface area is 162 Å². The molecule has 0 saturated heterocycles. The van der Waals surface area contributed by atoms with Gasteiger partial charge in [0.1, 0.15) is 0 Å². The van der Waals surface area contributed by atoms with Crippen molar-refractivity contribution in [3.63, 3.8) is 0 Å². The number of aliphatic imine (C=N–C) groups is 2. The van der Waals surface area contributed by atoms with Crippen molar-refractivity contribution >= 4 is 44.3 Å². The molecule has 0 aliphatic heterocycles. The molecule has 0 aliphatic rings. The van der Waals surface area contributed by atoms with Crippen LogP contribution in [-0.2, 0) is 17.1 Å². The second kappa shape index (κ2) is 9.88. The zero-order chi connectivity index (χ0) is 15.9. The van der Waals surface area contributed by atoms with Crippen LogP contribution < -0.4 is 10.2 Å². The van der Waals surface area contributed by atoms with Crippen molar-refractivity contribution < 1.29 is 27.3 Å². The largest absolute Gasteiger partial charge is 2.00 e. The maximum Gasteiger partial charge on any atom is 2.00 e. The molecule has 0 aromatic heterocycles. The second-order valence-corrected chi connectivity index (χ2v) is 6.27. The molecule has 2 rings (SSSR count). The molecule has 0 atom stereocenters. The summed E-state index contributed by atoms with van der Waals surface area (Å²) in [6.45, 7) is 0.898. The molecule has 2 aromatic rings. The summed E-state index contributed by atoms with van der Waals surface area (Å²) in [5.41, 5.74) is 1.07. The maximum absolute atomic E-state index is 11.6. The average Bonchev–Trinajstić information content (AvgIpc) is 2.49. The summed E-state index contributed by atoms with van der Waals surface area (Å²) < 4.78 is 1.67. The predicted octanol–water partition coefficient (Wildman–Crippen LogP) is 2.89. The van der Waals surface area contributed by atoms with E-state index in [1.807, 2.05) is 0 Å². The molecule has 2 aromatic carbocycles.